The van der Waals surface area contributed by atoms with Crippen molar-refractivity contribution in [1.82, 2.24) is 10.3 Å². The molecule has 1 aliphatic heterocycles. The number of aromatic nitrogens is 1. The second-order valence-electron chi connectivity index (χ2n) is 14.0. The number of nitrogens with one attached hydrogen (secondary N) is 1. The van der Waals surface area contributed by atoms with Gasteiger partial charge in [0.2, 0.25) is 0 Å². The van der Waals surface area contributed by atoms with Crippen LogP contribution in [0.15, 0.2) is 48.5 Å². The average molecular weight is 648 g/mol. The number of piperidine rings is 1. The van der Waals surface area contributed by atoms with E-state index >= 15 is 0 Å². The van der Waals surface area contributed by atoms with Gasteiger partial charge < -0.3 is 29.5 Å². The normalized spacial score (nSPS) is 16.6. The Hall–Kier alpha value is -3.53. The zero-order valence-electron chi connectivity index (χ0n) is 28.5. The minimum absolute atomic E-state index is 0.251. The molecule has 254 valence electrons. The summed E-state index contributed by atoms with van der Waals surface area (Å²) in [7, 11) is 1.68. The van der Waals surface area contributed by atoms with Gasteiger partial charge in [0.1, 0.15) is 11.6 Å². The lowest BCUT2D eigenvalue weighted by Gasteiger charge is -2.49. The molecule has 2 aromatic carbocycles. The molecule has 47 heavy (non-hydrogen) atoms. The number of nitrogens with zero attached hydrogens (tertiary/aromatic N) is 2. The largest absolute Gasteiger partial charge is 0.493 e. The molecular formula is C38H50FN3O5. The topological polar surface area (TPSA) is 93.1 Å². The summed E-state index contributed by atoms with van der Waals surface area (Å²) < 4.78 is 30.9. The zero-order chi connectivity index (χ0) is 33.6. The fraction of sp³-hybridized carbons (Fsp3) is 0.526. The maximum absolute atomic E-state index is 13.3. The van der Waals surface area contributed by atoms with Crippen LogP contribution in [0.25, 0.3) is 11.1 Å². The number of ether oxygens (including phenoxy) is 3. The van der Waals surface area contributed by atoms with E-state index in [1.54, 1.807) is 19.2 Å². The number of benzene rings is 2. The molecule has 0 bridgehead atoms. The number of aryl methyl sites for hydroxylation is 1. The Morgan fingerprint density at radius 2 is 1.72 bits per heavy atom. The van der Waals surface area contributed by atoms with Gasteiger partial charge in [-0.2, -0.15) is 0 Å². The van der Waals surface area contributed by atoms with Gasteiger partial charge in [-0.05, 0) is 94.2 Å². The summed E-state index contributed by atoms with van der Waals surface area (Å²) in [6, 6.07) is 14.4. The number of methoxy groups -OCH3 is 1. The van der Waals surface area contributed by atoms with Crippen molar-refractivity contribution in [3.8, 4) is 16.9 Å². The first-order valence-electron chi connectivity index (χ1n) is 16.8. The molecule has 8 nitrogen and oxygen atoms in total. The number of carboxylic acid groups (broad SMARTS) is 1. The van der Waals surface area contributed by atoms with E-state index in [-0.39, 0.29) is 5.82 Å². The summed E-state index contributed by atoms with van der Waals surface area (Å²) in [6.45, 7) is 11.4. The van der Waals surface area contributed by atoms with Crippen molar-refractivity contribution >= 4 is 11.7 Å². The highest BCUT2D eigenvalue weighted by atomic mass is 19.1. The smallest absolute Gasteiger partial charge is 0.337 e. The molecule has 1 aliphatic carbocycles. The monoisotopic (exact) mass is 647 g/mol. The molecule has 9 heteroatoms. The molecule has 2 aliphatic rings. The third-order valence-electron chi connectivity index (χ3n) is 9.48. The summed E-state index contributed by atoms with van der Waals surface area (Å²) >= 11 is 0. The first-order chi connectivity index (χ1) is 22.5. The molecule has 0 amide bonds. The van der Waals surface area contributed by atoms with Crippen LogP contribution in [0.1, 0.15) is 81.5 Å². The van der Waals surface area contributed by atoms with Crippen molar-refractivity contribution in [2.24, 2.45) is 5.41 Å². The molecule has 1 saturated heterocycles. The molecule has 1 saturated carbocycles. The van der Waals surface area contributed by atoms with Crippen molar-refractivity contribution < 1.29 is 28.5 Å². The van der Waals surface area contributed by atoms with Crippen LogP contribution in [-0.4, -0.2) is 61.6 Å². The fourth-order valence-corrected chi connectivity index (χ4v) is 6.84. The summed E-state index contributed by atoms with van der Waals surface area (Å²) in [6.07, 6.45) is 5.51. The summed E-state index contributed by atoms with van der Waals surface area (Å²) in [5.74, 6) is -0.555. The number of carboxylic acids is 1. The standard InChI is InChI=1S/C38H50FN3O5/c1-26-32(35(36(43)44)47-37(2,3)4)34(42-21-18-38(19-22-42)16-6-17-38)33(31(41-26)25-40-20-24-45-5)28-9-13-30(14-10-28)46-23-15-27-7-11-29(39)12-8-27/h7-14,35,40H,6,15-25H2,1-5H3,(H,43,44)/t35-/m0/s1. The van der Waals surface area contributed by atoms with Gasteiger partial charge in [-0.3, -0.25) is 4.98 Å². The van der Waals surface area contributed by atoms with Gasteiger partial charge in [0.05, 0.1) is 30.2 Å². The molecule has 3 aromatic rings. The second-order valence-corrected chi connectivity index (χ2v) is 14.0. The lowest BCUT2D eigenvalue weighted by atomic mass is 9.63. The van der Waals surface area contributed by atoms with E-state index in [1.165, 1.54) is 31.4 Å². The first-order valence-corrected chi connectivity index (χ1v) is 16.8. The van der Waals surface area contributed by atoms with Crippen LogP contribution in [0.2, 0.25) is 0 Å². The Balaban J connectivity index is 1.55. The van der Waals surface area contributed by atoms with Gasteiger partial charge in [0.15, 0.2) is 6.10 Å². The minimum atomic E-state index is -1.18. The summed E-state index contributed by atoms with van der Waals surface area (Å²) in [5, 5.41) is 14.0. The van der Waals surface area contributed by atoms with E-state index in [0.717, 1.165) is 59.8 Å². The van der Waals surface area contributed by atoms with E-state index in [9.17, 15) is 14.3 Å². The van der Waals surface area contributed by atoms with Gasteiger partial charge in [0, 0.05) is 56.5 Å². The van der Waals surface area contributed by atoms with Gasteiger partial charge in [-0.25, -0.2) is 9.18 Å². The molecular weight excluding hydrogens is 597 g/mol. The fourth-order valence-electron chi connectivity index (χ4n) is 6.84. The highest BCUT2D eigenvalue weighted by molar-refractivity contribution is 5.88. The molecule has 1 aromatic heterocycles. The number of anilines is 1. The van der Waals surface area contributed by atoms with Crippen LogP contribution in [0.5, 0.6) is 5.75 Å². The van der Waals surface area contributed by atoms with Crippen LogP contribution in [0, 0.1) is 18.2 Å². The molecule has 2 fully saturated rings. The SMILES string of the molecule is COCCNCc1nc(C)c([C@H](OC(C)(C)C)C(=O)O)c(N2CCC3(CCC3)CC2)c1-c1ccc(OCCc2ccc(F)cc2)cc1. The van der Waals surface area contributed by atoms with Crippen molar-refractivity contribution in [3.05, 3.63) is 76.9 Å². The third kappa shape index (κ3) is 8.69. The maximum atomic E-state index is 13.3. The number of pyridine rings is 1. The maximum Gasteiger partial charge on any atom is 0.337 e. The Morgan fingerprint density at radius 1 is 1.04 bits per heavy atom. The predicted octanol–water partition coefficient (Wildman–Crippen LogP) is 7.26. The summed E-state index contributed by atoms with van der Waals surface area (Å²) in [4.78, 5) is 20.4. The highest BCUT2D eigenvalue weighted by Crippen LogP contribution is 2.51. The van der Waals surface area contributed by atoms with Gasteiger partial charge in [-0.15, -0.1) is 0 Å². The Labute approximate surface area is 278 Å². The Kier molecular flexibility index (Phi) is 11.2. The predicted molar refractivity (Wildman–Crippen MR) is 183 cm³/mol. The first kappa shape index (κ1) is 34.8. The van der Waals surface area contributed by atoms with Crippen LogP contribution in [0.4, 0.5) is 10.1 Å². The van der Waals surface area contributed by atoms with Crippen LogP contribution >= 0.6 is 0 Å². The molecule has 0 unspecified atom stereocenters. The van der Waals surface area contributed by atoms with E-state index in [2.05, 4.69) is 10.2 Å². The van der Waals surface area contributed by atoms with Gasteiger partial charge in [-0.1, -0.05) is 30.7 Å². The average Bonchev–Trinajstić information content (AvgIpc) is 3.02. The van der Waals surface area contributed by atoms with E-state index in [4.69, 9.17) is 19.2 Å². The Morgan fingerprint density at radius 3 is 2.30 bits per heavy atom. The Bertz CT molecular complexity index is 1490. The number of aliphatic carboxylic acids is 1. The number of hydrogen-bond acceptors (Lipinski definition) is 7. The van der Waals surface area contributed by atoms with Crippen molar-refractivity contribution in [1.29, 1.82) is 0 Å². The number of halogens is 1. The quantitative estimate of drug-likeness (QED) is 0.177. The van der Waals surface area contributed by atoms with Gasteiger partial charge >= 0.3 is 5.97 Å². The van der Waals surface area contributed by atoms with Gasteiger partial charge in [0.25, 0.3) is 0 Å². The van der Waals surface area contributed by atoms with Crippen molar-refractivity contribution in [2.45, 2.75) is 84.5 Å². The number of carbonyl (C=O) groups is 1. The molecule has 1 atom stereocenters. The van der Waals surface area contributed by atoms with E-state index < -0.39 is 17.7 Å². The van der Waals surface area contributed by atoms with E-state index in [1.807, 2.05) is 52.0 Å². The lowest BCUT2D eigenvalue weighted by Crippen LogP contribution is -2.44. The highest BCUT2D eigenvalue weighted by Gasteiger charge is 2.42. The van der Waals surface area contributed by atoms with Crippen molar-refractivity contribution in [3.63, 3.8) is 0 Å². The number of rotatable bonds is 14. The lowest BCUT2D eigenvalue weighted by molar-refractivity contribution is -0.160. The van der Waals surface area contributed by atoms with Crippen LogP contribution < -0.4 is 15.0 Å². The molecule has 2 heterocycles. The van der Waals surface area contributed by atoms with Crippen molar-refractivity contribution in [2.75, 3.05) is 44.9 Å². The van der Waals surface area contributed by atoms with Crippen LogP contribution in [0.3, 0.4) is 0 Å². The second kappa shape index (κ2) is 15.1. The summed E-state index contributed by atoms with van der Waals surface area (Å²) in [5.41, 5.74) is 5.63. The zero-order valence-corrected chi connectivity index (χ0v) is 28.5. The minimum Gasteiger partial charge on any atom is -0.493 e. The molecule has 1 spiro atoms. The molecule has 2 N–H and O–H groups in total. The van der Waals surface area contributed by atoms with Crippen LogP contribution in [-0.2, 0) is 27.2 Å². The number of hydrogen-bond donors (Lipinski definition) is 2. The third-order valence-corrected chi connectivity index (χ3v) is 9.48. The molecule has 0 radical (unpaired) electrons. The van der Waals surface area contributed by atoms with E-state index in [0.29, 0.717) is 49.4 Å². The molecule has 5 rings (SSSR count).